The lowest BCUT2D eigenvalue weighted by molar-refractivity contribution is -0.121. The highest BCUT2D eigenvalue weighted by atomic mass is 79.9. The molecule has 0 bridgehead atoms. The summed E-state index contributed by atoms with van der Waals surface area (Å²) in [5.41, 5.74) is 0. The molecule has 1 aliphatic rings. The molecule has 118 valence electrons. The Morgan fingerprint density at radius 2 is 2.29 bits per heavy atom. The van der Waals surface area contributed by atoms with Gasteiger partial charge in [0.25, 0.3) is 0 Å². The van der Waals surface area contributed by atoms with Crippen molar-refractivity contribution in [3.05, 3.63) is 28.7 Å². The molecule has 1 amide bonds. The van der Waals surface area contributed by atoms with Crippen molar-refractivity contribution in [3.8, 4) is 5.75 Å². The third-order valence-corrected chi connectivity index (χ3v) is 3.75. The number of rotatable bonds is 6. The number of amides is 1. The average molecular weight is 380 g/mol. The van der Waals surface area contributed by atoms with Crippen LogP contribution >= 0.6 is 28.3 Å². The van der Waals surface area contributed by atoms with Crippen LogP contribution in [0, 0.1) is 5.92 Å². The molecule has 2 rings (SSSR count). The van der Waals surface area contributed by atoms with Crippen LogP contribution in [0.2, 0.25) is 0 Å². The van der Waals surface area contributed by atoms with Crippen molar-refractivity contribution in [2.75, 3.05) is 26.2 Å². The van der Waals surface area contributed by atoms with E-state index < -0.39 is 0 Å². The monoisotopic (exact) mass is 378 g/mol. The van der Waals surface area contributed by atoms with Crippen LogP contribution in [-0.2, 0) is 4.79 Å². The molecule has 0 spiro atoms. The molecular formula is C14H20BrClN2O3. The van der Waals surface area contributed by atoms with E-state index in [1.165, 1.54) is 0 Å². The van der Waals surface area contributed by atoms with Gasteiger partial charge in [-0.3, -0.25) is 4.79 Å². The first-order valence-corrected chi connectivity index (χ1v) is 7.48. The molecule has 3 N–H and O–H groups in total. The van der Waals surface area contributed by atoms with Crippen LogP contribution in [-0.4, -0.2) is 43.4 Å². The van der Waals surface area contributed by atoms with E-state index in [0.717, 1.165) is 16.8 Å². The minimum atomic E-state index is -0.367. The Labute approximate surface area is 139 Å². The van der Waals surface area contributed by atoms with Gasteiger partial charge in [-0.25, -0.2) is 0 Å². The van der Waals surface area contributed by atoms with Crippen molar-refractivity contribution in [1.29, 1.82) is 0 Å². The van der Waals surface area contributed by atoms with Crippen molar-refractivity contribution in [2.45, 2.75) is 12.5 Å². The molecular weight excluding hydrogens is 360 g/mol. The smallest absolute Gasteiger partial charge is 0.223 e. The van der Waals surface area contributed by atoms with Gasteiger partial charge in [-0.2, -0.15) is 0 Å². The molecule has 0 aliphatic carbocycles. The third-order valence-electron chi connectivity index (χ3n) is 3.26. The first kappa shape index (κ1) is 18.2. The predicted octanol–water partition coefficient (Wildman–Crippen LogP) is 1.34. The van der Waals surface area contributed by atoms with Crippen molar-refractivity contribution >= 4 is 34.2 Å². The zero-order valence-corrected chi connectivity index (χ0v) is 14.0. The van der Waals surface area contributed by atoms with Crippen molar-refractivity contribution in [3.63, 3.8) is 0 Å². The topological polar surface area (TPSA) is 70.6 Å². The van der Waals surface area contributed by atoms with Gasteiger partial charge in [0.1, 0.15) is 5.75 Å². The maximum absolute atomic E-state index is 11.7. The second-order valence-corrected chi connectivity index (χ2v) is 5.76. The SMILES string of the molecule is Cl.O=C(CCOc1cccc(Br)c1)NCC1CNCC1O. The Morgan fingerprint density at radius 1 is 1.48 bits per heavy atom. The summed E-state index contributed by atoms with van der Waals surface area (Å²) >= 11 is 3.36. The molecule has 2 atom stereocenters. The van der Waals surface area contributed by atoms with Gasteiger partial charge >= 0.3 is 0 Å². The van der Waals surface area contributed by atoms with E-state index in [2.05, 4.69) is 26.6 Å². The highest BCUT2D eigenvalue weighted by Gasteiger charge is 2.24. The third kappa shape index (κ3) is 6.22. The molecule has 0 radical (unpaired) electrons. The Morgan fingerprint density at radius 3 is 2.95 bits per heavy atom. The van der Waals surface area contributed by atoms with Crippen LogP contribution in [0.5, 0.6) is 5.75 Å². The Kier molecular flexibility index (Phi) is 8.03. The quantitative estimate of drug-likeness (QED) is 0.697. The van der Waals surface area contributed by atoms with Crippen molar-refractivity contribution in [1.82, 2.24) is 10.6 Å². The predicted molar refractivity (Wildman–Crippen MR) is 86.9 cm³/mol. The zero-order chi connectivity index (χ0) is 14.4. The summed E-state index contributed by atoms with van der Waals surface area (Å²) in [7, 11) is 0. The van der Waals surface area contributed by atoms with Crippen LogP contribution < -0.4 is 15.4 Å². The summed E-state index contributed by atoms with van der Waals surface area (Å²) in [5.74, 6) is 0.784. The van der Waals surface area contributed by atoms with E-state index in [-0.39, 0.29) is 30.3 Å². The van der Waals surface area contributed by atoms with Crippen LogP contribution in [0.3, 0.4) is 0 Å². The summed E-state index contributed by atoms with van der Waals surface area (Å²) in [6.45, 7) is 2.19. The van der Waals surface area contributed by atoms with Gasteiger partial charge in [-0.15, -0.1) is 12.4 Å². The fourth-order valence-corrected chi connectivity index (χ4v) is 2.46. The lowest BCUT2D eigenvalue weighted by atomic mass is 10.1. The maximum atomic E-state index is 11.7. The largest absolute Gasteiger partial charge is 0.493 e. The number of halogens is 2. The Bertz CT molecular complexity index is 462. The molecule has 0 saturated carbocycles. The number of aliphatic hydroxyl groups excluding tert-OH is 1. The molecule has 0 aromatic heterocycles. The molecule has 1 aromatic rings. The minimum absolute atomic E-state index is 0. The average Bonchev–Trinajstić information content (AvgIpc) is 2.82. The lowest BCUT2D eigenvalue weighted by Crippen LogP contribution is -2.34. The summed E-state index contributed by atoms with van der Waals surface area (Å²) in [5, 5.41) is 15.5. The number of β-amino-alcohol motifs (C(OH)–C–C–N with tert-alkyl or cyclic N) is 1. The van der Waals surface area contributed by atoms with Gasteiger partial charge in [0.15, 0.2) is 0 Å². The standard InChI is InChI=1S/C14H19BrN2O3.ClH/c15-11-2-1-3-12(6-11)20-5-4-14(19)17-8-10-7-16-9-13(10)18;/h1-3,6,10,13,16,18H,4-5,7-9H2,(H,17,19);1H. The Hall–Kier alpha value is -0.820. The fraction of sp³-hybridized carbons (Fsp3) is 0.500. The Balaban J connectivity index is 0.00000220. The van der Waals surface area contributed by atoms with E-state index in [1.807, 2.05) is 24.3 Å². The van der Waals surface area contributed by atoms with E-state index in [4.69, 9.17) is 4.74 Å². The minimum Gasteiger partial charge on any atom is -0.493 e. The molecule has 1 fully saturated rings. The summed E-state index contributed by atoms with van der Waals surface area (Å²) in [6, 6.07) is 7.51. The lowest BCUT2D eigenvalue weighted by Gasteiger charge is -2.14. The molecule has 2 unspecified atom stereocenters. The van der Waals surface area contributed by atoms with Gasteiger partial charge in [0.05, 0.1) is 19.1 Å². The second-order valence-electron chi connectivity index (χ2n) is 4.85. The summed E-state index contributed by atoms with van der Waals surface area (Å²) in [4.78, 5) is 11.7. The maximum Gasteiger partial charge on any atom is 0.223 e. The molecule has 5 nitrogen and oxygen atoms in total. The van der Waals surface area contributed by atoms with Gasteiger partial charge in [0, 0.05) is 30.0 Å². The van der Waals surface area contributed by atoms with Gasteiger partial charge in [-0.1, -0.05) is 22.0 Å². The number of nitrogens with one attached hydrogen (secondary N) is 2. The second kappa shape index (κ2) is 9.25. The number of hydrogen-bond donors (Lipinski definition) is 3. The van der Waals surface area contributed by atoms with E-state index >= 15 is 0 Å². The number of carbonyl (C=O) groups is 1. The first-order valence-electron chi connectivity index (χ1n) is 6.69. The highest BCUT2D eigenvalue weighted by Crippen LogP contribution is 2.17. The number of ether oxygens (including phenoxy) is 1. The first-order chi connectivity index (χ1) is 9.65. The van der Waals surface area contributed by atoms with E-state index in [0.29, 0.717) is 26.1 Å². The van der Waals surface area contributed by atoms with Crippen LogP contribution in [0.1, 0.15) is 6.42 Å². The van der Waals surface area contributed by atoms with Crippen LogP contribution in [0.15, 0.2) is 28.7 Å². The molecule has 7 heteroatoms. The van der Waals surface area contributed by atoms with E-state index in [1.54, 1.807) is 0 Å². The van der Waals surface area contributed by atoms with E-state index in [9.17, 15) is 9.90 Å². The van der Waals surface area contributed by atoms with Gasteiger partial charge < -0.3 is 20.5 Å². The number of carbonyl (C=O) groups excluding carboxylic acids is 1. The molecule has 1 aromatic carbocycles. The molecule has 1 aliphatic heterocycles. The normalized spacial score (nSPS) is 20.7. The number of benzene rings is 1. The van der Waals surface area contributed by atoms with Gasteiger partial charge in [-0.05, 0) is 18.2 Å². The van der Waals surface area contributed by atoms with Crippen molar-refractivity contribution in [2.24, 2.45) is 5.92 Å². The highest BCUT2D eigenvalue weighted by molar-refractivity contribution is 9.10. The molecule has 1 heterocycles. The fourth-order valence-electron chi connectivity index (χ4n) is 2.08. The molecule has 21 heavy (non-hydrogen) atoms. The van der Waals surface area contributed by atoms with Crippen molar-refractivity contribution < 1.29 is 14.6 Å². The van der Waals surface area contributed by atoms with Crippen LogP contribution in [0.4, 0.5) is 0 Å². The number of aliphatic hydroxyl groups is 1. The summed E-state index contributed by atoms with van der Waals surface area (Å²) < 4.78 is 6.44. The molecule has 1 saturated heterocycles. The zero-order valence-electron chi connectivity index (χ0n) is 11.5. The van der Waals surface area contributed by atoms with Crippen LogP contribution in [0.25, 0.3) is 0 Å². The van der Waals surface area contributed by atoms with Gasteiger partial charge in [0.2, 0.25) is 5.91 Å². The summed E-state index contributed by atoms with van der Waals surface area (Å²) in [6.07, 6.45) is -0.0591. The number of hydrogen-bond acceptors (Lipinski definition) is 4.